The third-order valence-electron chi connectivity index (χ3n) is 4.48. The fourth-order valence-electron chi connectivity index (χ4n) is 2.90. The molecule has 0 unspecified atom stereocenters. The number of urea groups is 1. The Hall–Kier alpha value is -2.73. The van der Waals surface area contributed by atoms with Gasteiger partial charge in [0.15, 0.2) is 11.5 Å². The molecule has 0 aromatic heterocycles. The molecule has 2 aromatic rings. The first-order chi connectivity index (χ1) is 12.7. The first-order valence-corrected chi connectivity index (χ1v) is 8.93. The first-order valence-electron chi connectivity index (χ1n) is 8.93. The van der Waals surface area contributed by atoms with Crippen LogP contribution in [0.15, 0.2) is 42.5 Å². The molecule has 0 saturated carbocycles. The van der Waals surface area contributed by atoms with E-state index in [0.717, 1.165) is 25.2 Å². The number of rotatable bonds is 7. The van der Waals surface area contributed by atoms with Gasteiger partial charge >= 0.3 is 6.03 Å². The molecule has 2 aromatic carbocycles. The van der Waals surface area contributed by atoms with Gasteiger partial charge in [0.25, 0.3) is 0 Å². The molecule has 6 nitrogen and oxygen atoms in total. The number of hydrogen-bond acceptors (Lipinski definition) is 4. The average molecular weight is 355 g/mol. The molecule has 2 N–H and O–H groups in total. The van der Waals surface area contributed by atoms with E-state index in [-0.39, 0.29) is 12.8 Å². The fraction of sp³-hybridized carbons (Fsp3) is 0.350. The summed E-state index contributed by atoms with van der Waals surface area (Å²) in [6, 6.07) is 13.3. The smallest absolute Gasteiger partial charge is 0.319 e. The zero-order chi connectivity index (χ0) is 18.4. The Balaban J connectivity index is 1.58. The number of carbonyl (C=O) groups is 1. The lowest BCUT2D eigenvalue weighted by Crippen LogP contribution is -2.29. The second-order valence-corrected chi connectivity index (χ2v) is 6.11. The van der Waals surface area contributed by atoms with Crippen LogP contribution < -0.4 is 20.1 Å². The highest BCUT2D eigenvalue weighted by Crippen LogP contribution is 2.34. The predicted octanol–water partition coefficient (Wildman–Crippen LogP) is 3.58. The molecule has 0 fully saturated rings. The molecule has 3 rings (SSSR count). The summed E-state index contributed by atoms with van der Waals surface area (Å²) in [4.78, 5) is 14.6. The Bertz CT molecular complexity index is 760. The van der Waals surface area contributed by atoms with E-state index in [9.17, 15) is 4.79 Å². The number of fused-ring (bicyclic) bond motifs is 1. The van der Waals surface area contributed by atoms with Gasteiger partial charge in [-0.2, -0.15) is 0 Å². The van der Waals surface area contributed by atoms with Crippen molar-refractivity contribution in [3.05, 3.63) is 53.6 Å². The van der Waals surface area contributed by atoms with Crippen LogP contribution in [0, 0.1) is 0 Å². The molecule has 0 saturated heterocycles. The highest BCUT2D eigenvalue weighted by Gasteiger charge is 2.14. The van der Waals surface area contributed by atoms with E-state index in [1.165, 1.54) is 5.56 Å². The highest BCUT2D eigenvalue weighted by atomic mass is 16.7. The van der Waals surface area contributed by atoms with Gasteiger partial charge in [0.05, 0.1) is 0 Å². The monoisotopic (exact) mass is 355 g/mol. The van der Waals surface area contributed by atoms with Crippen molar-refractivity contribution >= 4 is 11.7 Å². The Morgan fingerprint density at radius 1 is 1.04 bits per heavy atom. The van der Waals surface area contributed by atoms with Crippen LogP contribution in [-0.2, 0) is 13.1 Å². The van der Waals surface area contributed by atoms with E-state index in [0.29, 0.717) is 23.7 Å². The predicted molar refractivity (Wildman–Crippen MR) is 101 cm³/mol. The number of nitrogens with zero attached hydrogens (tertiary/aromatic N) is 1. The molecule has 1 aliphatic rings. The van der Waals surface area contributed by atoms with Crippen LogP contribution in [0.5, 0.6) is 11.5 Å². The quantitative estimate of drug-likeness (QED) is 0.797. The minimum atomic E-state index is -0.249. The second-order valence-electron chi connectivity index (χ2n) is 6.11. The van der Waals surface area contributed by atoms with E-state index < -0.39 is 0 Å². The highest BCUT2D eigenvalue weighted by molar-refractivity contribution is 5.89. The van der Waals surface area contributed by atoms with E-state index >= 15 is 0 Å². The van der Waals surface area contributed by atoms with Gasteiger partial charge in [0, 0.05) is 24.8 Å². The molecular weight excluding hydrogens is 330 g/mol. The summed E-state index contributed by atoms with van der Waals surface area (Å²) in [6.07, 6.45) is 0. The summed E-state index contributed by atoms with van der Waals surface area (Å²) >= 11 is 0. The Kier molecular flexibility index (Phi) is 5.96. The zero-order valence-electron chi connectivity index (χ0n) is 15.2. The number of carbonyl (C=O) groups excluding carboxylic acids is 1. The van der Waals surface area contributed by atoms with Crippen molar-refractivity contribution < 1.29 is 14.3 Å². The standard InChI is InChI=1S/C20H25N3O3/c1-3-23(4-2)13-16-8-6-5-7-15(16)12-21-20(24)22-17-9-10-18-19(11-17)26-14-25-18/h5-11H,3-4,12-14H2,1-2H3,(H2,21,22,24). The summed E-state index contributed by atoms with van der Waals surface area (Å²) in [5.74, 6) is 1.34. The minimum absolute atomic E-state index is 0.217. The van der Waals surface area contributed by atoms with Crippen LogP contribution in [0.1, 0.15) is 25.0 Å². The van der Waals surface area contributed by atoms with Crippen molar-refractivity contribution in [3.63, 3.8) is 0 Å². The topological polar surface area (TPSA) is 62.8 Å². The summed E-state index contributed by atoms with van der Waals surface area (Å²) < 4.78 is 10.6. The van der Waals surface area contributed by atoms with E-state index in [1.807, 2.05) is 12.1 Å². The van der Waals surface area contributed by atoms with Gasteiger partial charge in [-0.3, -0.25) is 4.90 Å². The van der Waals surface area contributed by atoms with Crippen LogP contribution in [0.2, 0.25) is 0 Å². The van der Waals surface area contributed by atoms with Gasteiger partial charge < -0.3 is 20.1 Å². The van der Waals surface area contributed by atoms with Crippen LogP contribution >= 0.6 is 0 Å². The lowest BCUT2D eigenvalue weighted by Gasteiger charge is -2.20. The fourth-order valence-corrected chi connectivity index (χ4v) is 2.90. The van der Waals surface area contributed by atoms with E-state index in [2.05, 4.69) is 41.5 Å². The van der Waals surface area contributed by atoms with Crippen molar-refractivity contribution in [1.82, 2.24) is 10.2 Å². The summed E-state index contributed by atoms with van der Waals surface area (Å²) in [5, 5.41) is 5.75. The maximum absolute atomic E-state index is 12.2. The van der Waals surface area contributed by atoms with Crippen LogP contribution in [0.3, 0.4) is 0 Å². The van der Waals surface area contributed by atoms with Crippen LogP contribution in [0.25, 0.3) is 0 Å². The zero-order valence-corrected chi connectivity index (χ0v) is 15.2. The lowest BCUT2D eigenvalue weighted by atomic mass is 10.1. The van der Waals surface area contributed by atoms with E-state index in [1.54, 1.807) is 18.2 Å². The molecule has 1 aliphatic heterocycles. The summed E-state index contributed by atoms with van der Waals surface area (Å²) in [7, 11) is 0. The second kappa shape index (κ2) is 8.58. The SMILES string of the molecule is CCN(CC)Cc1ccccc1CNC(=O)Nc1ccc2c(c1)OCO2. The van der Waals surface area contributed by atoms with Gasteiger partial charge in [-0.1, -0.05) is 38.1 Å². The summed E-state index contributed by atoms with van der Waals surface area (Å²) in [6.45, 7) is 7.90. The first kappa shape index (κ1) is 18.1. The summed E-state index contributed by atoms with van der Waals surface area (Å²) in [5.41, 5.74) is 3.03. The number of hydrogen-bond donors (Lipinski definition) is 2. The Morgan fingerprint density at radius 2 is 1.77 bits per heavy atom. The van der Waals surface area contributed by atoms with Crippen molar-refractivity contribution in [3.8, 4) is 11.5 Å². The molecule has 0 aliphatic carbocycles. The minimum Gasteiger partial charge on any atom is -0.454 e. The molecular formula is C20H25N3O3. The number of ether oxygens (including phenoxy) is 2. The Morgan fingerprint density at radius 3 is 2.54 bits per heavy atom. The van der Waals surface area contributed by atoms with Crippen molar-refractivity contribution in [2.75, 3.05) is 25.2 Å². The van der Waals surface area contributed by atoms with Crippen molar-refractivity contribution in [2.45, 2.75) is 26.9 Å². The maximum atomic E-state index is 12.2. The Labute approximate surface area is 154 Å². The third kappa shape index (κ3) is 4.46. The number of benzene rings is 2. The molecule has 0 radical (unpaired) electrons. The van der Waals surface area contributed by atoms with Crippen molar-refractivity contribution in [1.29, 1.82) is 0 Å². The number of amides is 2. The number of anilines is 1. The van der Waals surface area contributed by atoms with Gasteiger partial charge in [-0.25, -0.2) is 4.79 Å². The van der Waals surface area contributed by atoms with Gasteiger partial charge in [-0.15, -0.1) is 0 Å². The molecule has 0 atom stereocenters. The van der Waals surface area contributed by atoms with Crippen LogP contribution in [-0.4, -0.2) is 30.8 Å². The van der Waals surface area contributed by atoms with E-state index in [4.69, 9.17) is 9.47 Å². The molecule has 0 spiro atoms. The number of nitrogens with one attached hydrogen (secondary N) is 2. The van der Waals surface area contributed by atoms with Gasteiger partial charge in [0.1, 0.15) is 0 Å². The van der Waals surface area contributed by atoms with Gasteiger partial charge in [0.2, 0.25) is 6.79 Å². The molecule has 6 heteroatoms. The normalized spacial score (nSPS) is 12.3. The van der Waals surface area contributed by atoms with Gasteiger partial charge in [-0.05, 0) is 36.3 Å². The maximum Gasteiger partial charge on any atom is 0.319 e. The molecule has 138 valence electrons. The molecule has 0 bridgehead atoms. The largest absolute Gasteiger partial charge is 0.454 e. The van der Waals surface area contributed by atoms with Crippen LogP contribution in [0.4, 0.5) is 10.5 Å². The molecule has 1 heterocycles. The third-order valence-corrected chi connectivity index (χ3v) is 4.48. The molecule has 2 amide bonds. The van der Waals surface area contributed by atoms with Crippen molar-refractivity contribution in [2.24, 2.45) is 0 Å². The average Bonchev–Trinajstić information content (AvgIpc) is 3.13. The lowest BCUT2D eigenvalue weighted by molar-refractivity contribution is 0.174. The molecule has 26 heavy (non-hydrogen) atoms.